The van der Waals surface area contributed by atoms with Gasteiger partial charge in [0.05, 0.1) is 0 Å². The van der Waals surface area contributed by atoms with Gasteiger partial charge >= 0.3 is 0 Å². The molecular weight excluding hydrogens is 663 g/mol. The number of benzene rings is 8. The summed E-state index contributed by atoms with van der Waals surface area (Å²) >= 11 is 0. The van der Waals surface area contributed by atoms with Crippen LogP contribution in [0.1, 0.15) is 0 Å². The molecule has 5 nitrogen and oxygen atoms in total. The van der Waals surface area contributed by atoms with Crippen molar-refractivity contribution in [3.05, 3.63) is 164 Å². The van der Waals surface area contributed by atoms with Crippen LogP contribution in [0.25, 0.3) is 122 Å². The van der Waals surface area contributed by atoms with Crippen LogP contribution in [0.4, 0.5) is 0 Å². The van der Waals surface area contributed by atoms with Crippen molar-refractivity contribution < 1.29 is 8.83 Å². The van der Waals surface area contributed by atoms with Crippen molar-refractivity contribution in [1.82, 2.24) is 15.0 Å². The third-order valence-corrected chi connectivity index (χ3v) is 10.9. The second-order valence-corrected chi connectivity index (χ2v) is 13.9. The standard InChI is InChI=1S/C49H27N3O2/c1-2-11-28(12-3-1)47-50-48(29-21-22-34-33-15-6-8-19-41(33)53-43(34)27-29)52-49(51-47)40-26-25-38(46-45(40)39-16-7-9-20-42(39)54-46)32-23-24-37-31-14-5-4-13-30(31)35-17-10-18-36(32)44(35)37/h1-27H. The lowest BCUT2D eigenvalue weighted by Crippen LogP contribution is -2.00. The van der Waals surface area contributed by atoms with E-state index >= 15 is 0 Å². The van der Waals surface area contributed by atoms with E-state index in [2.05, 4.69) is 97.1 Å². The normalized spacial score (nSPS) is 12.1. The van der Waals surface area contributed by atoms with E-state index in [0.717, 1.165) is 71.7 Å². The molecule has 0 N–H and O–H groups in total. The number of hydrogen-bond donors (Lipinski definition) is 0. The van der Waals surface area contributed by atoms with Crippen molar-refractivity contribution in [2.45, 2.75) is 0 Å². The van der Waals surface area contributed by atoms with Gasteiger partial charge in [0, 0.05) is 43.8 Å². The third kappa shape index (κ3) is 4.18. The molecule has 0 spiro atoms. The molecule has 0 saturated heterocycles. The van der Waals surface area contributed by atoms with Crippen LogP contribution in [0.3, 0.4) is 0 Å². The van der Waals surface area contributed by atoms with Crippen LogP contribution in [0.2, 0.25) is 0 Å². The zero-order chi connectivity index (χ0) is 35.3. The summed E-state index contributed by atoms with van der Waals surface area (Å²) in [6.07, 6.45) is 0. The summed E-state index contributed by atoms with van der Waals surface area (Å²) in [6, 6.07) is 56.7. The molecule has 1 aliphatic carbocycles. The lowest BCUT2D eigenvalue weighted by atomic mass is 9.92. The minimum absolute atomic E-state index is 0.568. The lowest BCUT2D eigenvalue weighted by molar-refractivity contribution is 0.669. The van der Waals surface area contributed by atoms with Gasteiger partial charge < -0.3 is 8.83 Å². The van der Waals surface area contributed by atoms with Gasteiger partial charge in [-0.2, -0.15) is 0 Å². The first-order chi connectivity index (χ1) is 26.8. The Morgan fingerprint density at radius 2 is 0.870 bits per heavy atom. The maximum absolute atomic E-state index is 6.81. The molecule has 0 aliphatic heterocycles. The Bertz CT molecular complexity index is 3310. The molecule has 0 fully saturated rings. The SMILES string of the molecule is c1ccc(-c2nc(-c3ccc4c(c3)oc3ccccc34)nc(-c3ccc(-c4ccc5c6c(cccc46)-c4ccccc4-5)c4oc5ccccc5c34)n2)cc1. The molecule has 0 saturated carbocycles. The summed E-state index contributed by atoms with van der Waals surface area (Å²) < 4.78 is 13.1. The van der Waals surface area contributed by atoms with Gasteiger partial charge in [-0.1, -0.05) is 127 Å². The Balaban J connectivity index is 1.10. The van der Waals surface area contributed by atoms with Crippen LogP contribution >= 0.6 is 0 Å². The van der Waals surface area contributed by atoms with E-state index in [0.29, 0.717) is 17.5 Å². The smallest absolute Gasteiger partial charge is 0.164 e. The highest BCUT2D eigenvalue weighted by Crippen LogP contribution is 2.51. The van der Waals surface area contributed by atoms with Crippen LogP contribution in [0.15, 0.2) is 173 Å². The largest absolute Gasteiger partial charge is 0.456 e. The Kier molecular flexibility index (Phi) is 5.99. The van der Waals surface area contributed by atoms with Crippen molar-refractivity contribution in [3.63, 3.8) is 0 Å². The van der Waals surface area contributed by atoms with E-state index in [1.54, 1.807) is 0 Å². The fourth-order valence-corrected chi connectivity index (χ4v) is 8.48. The fourth-order valence-electron chi connectivity index (χ4n) is 8.48. The number of furan rings is 2. The molecule has 0 unspecified atom stereocenters. The average Bonchev–Trinajstić information content (AvgIpc) is 3.92. The Labute approximate surface area is 308 Å². The highest BCUT2D eigenvalue weighted by atomic mass is 16.3. The van der Waals surface area contributed by atoms with Crippen LogP contribution in [0, 0.1) is 0 Å². The summed E-state index contributed by atoms with van der Waals surface area (Å²) in [5.74, 6) is 1.73. The van der Waals surface area contributed by atoms with Gasteiger partial charge in [0.15, 0.2) is 17.5 Å². The first kappa shape index (κ1) is 29.2. The van der Waals surface area contributed by atoms with Gasteiger partial charge in [-0.15, -0.1) is 0 Å². The van der Waals surface area contributed by atoms with Gasteiger partial charge in [-0.05, 0) is 75.0 Å². The number of fused-ring (bicyclic) bond motifs is 9. The Morgan fingerprint density at radius 1 is 0.296 bits per heavy atom. The molecule has 54 heavy (non-hydrogen) atoms. The summed E-state index contributed by atoms with van der Waals surface area (Å²) in [6.45, 7) is 0. The van der Waals surface area contributed by atoms with E-state index in [-0.39, 0.29) is 0 Å². The minimum Gasteiger partial charge on any atom is -0.456 e. The van der Waals surface area contributed by atoms with E-state index in [1.165, 1.54) is 33.0 Å². The molecular formula is C49H27N3O2. The topological polar surface area (TPSA) is 65.0 Å². The second kappa shape index (κ2) is 11.1. The van der Waals surface area contributed by atoms with Crippen molar-refractivity contribution in [2.75, 3.05) is 0 Å². The van der Waals surface area contributed by atoms with Crippen molar-refractivity contribution in [1.29, 1.82) is 0 Å². The monoisotopic (exact) mass is 689 g/mol. The van der Waals surface area contributed by atoms with Crippen LogP contribution in [-0.2, 0) is 0 Å². The molecule has 250 valence electrons. The number of nitrogens with zero attached hydrogens (tertiary/aromatic N) is 3. The molecule has 11 aromatic rings. The zero-order valence-corrected chi connectivity index (χ0v) is 28.7. The minimum atomic E-state index is 0.568. The van der Waals surface area contributed by atoms with E-state index < -0.39 is 0 Å². The highest BCUT2D eigenvalue weighted by Gasteiger charge is 2.25. The predicted octanol–water partition coefficient (Wildman–Crippen LogP) is 13.1. The maximum atomic E-state index is 6.81. The van der Waals surface area contributed by atoms with Gasteiger partial charge in [0.25, 0.3) is 0 Å². The molecule has 12 rings (SSSR count). The number of aromatic nitrogens is 3. The van der Waals surface area contributed by atoms with Gasteiger partial charge in [-0.3, -0.25) is 0 Å². The second-order valence-electron chi connectivity index (χ2n) is 13.9. The van der Waals surface area contributed by atoms with E-state index in [4.69, 9.17) is 23.8 Å². The third-order valence-electron chi connectivity index (χ3n) is 10.9. The van der Waals surface area contributed by atoms with Crippen molar-refractivity contribution in [2.24, 2.45) is 0 Å². The molecule has 8 aromatic carbocycles. The number of para-hydroxylation sites is 2. The fraction of sp³-hybridized carbons (Fsp3) is 0. The average molecular weight is 690 g/mol. The molecule has 3 heterocycles. The molecule has 0 bridgehead atoms. The summed E-state index contributed by atoms with van der Waals surface area (Å²) in [5.41, 5.74) is 13.1. The van der Waals surface area contributed by atoms with Crippen LogP contribution < -0.4 is 0 Å². The molecule has 0 radical (unpaired) electrons. The lowest BCUT2D eigenvalue weighted by Gasteiger charge is -2.13. The maximum Gasteiger partial charge on any atom is 0.164 e. The van der Waals surface area contributed by atoms with Gasteiger partial charge in [0.1, 0.15) is 22.3 Å². The first-order valence-electron chi connectivity index (χ1n) is 18.1. The first-order valence-corrected chi connectivity index (χ1v) is 18.1. The molecule has 0 amide bonds. The molecule has 3 aromatic heterocycles. The number of hydrogen-bond acceptors (Lipinski definition) is 5. The van der Waals surface area contributed by atoms with Crippen LogP contribution in [-0.4, -0.2) is 15.0 Å². The highest BCUT2D eigenvalue weighted by molar-refractivity contribution is 6.22. The van der Waals surface area contributed by atoms with Gasteiger partial charge in [0.2, 0.25) is 0 Å². The van der Waals surface area contributed by atoms with Crippen molar-refractivity contribution >= 4 is 54.6 Å². The quantitative estimate of drug-likeness (QED) is 0.184. The van der Waals surface area contributed by atoms with Crippen molar-refractivity contribution in [3.8, 4) is 67.5 Å². The van der Waals surface area contributed by atoms with E-state index in [1.807, 2.05) is 66.7 Å². The Morgan fingerprint density at radius 3 is 1.70 bits per heavy atom. The number of rotatable bonds is 4. The molecule has 5 heteroatoms. The zero-order valence-electron chi connectivity index (χ0n) is 28.7. The van der Waals surface area contributed by atoms with E-state index in [9.17, 15) is 0 Å². The summed E-state index contributed by atoms with van der Waals surface area (Å²) in [7, 11) is 0. The summed E-state index contributed by atoms with van der Waals surface area (Å²) in [4.78, 5) is 15.4. The molecule has 1 aliphatic rings. The van der Waals surface area contributed by atoms with Crippen LogP contribution in [0.5, 0.6) is 0 Å². The predicted molar refractivity (Wildman–Crippen MR) is 218 cm³/mol. The van der Waals surface area contributed by atoms with Gasteiger partial charge in [-0.25, -0.2) is 15.0 Å². The Hall–Kier alpha value is -7.37. The molecule has 0 atom stereocenters. The summed E-state index contributed by atoms with van der Waals surface area (Å²) in [5, 5.41) is 6.60.